The van der Waals surface area contributed by atoms with E-state index in [1.165, 1.54) is 44.9 Å². The molecule has 17 heavy (non-hydrogen) atoms. The molecule has 1 aliphatic carbocycles. The molecule has 98 valence electrons. The second-order valence-corrected chi connectivity index (χ2v) is 5.70. The number of carbonyl (C=O) groups excluding carboxylic acids is 1. The minimum atomic E-state index is 0.0568. The third-order valence-electron chi connectivity index (χ3n) is 4.35. The van der Waals surface area contributed by atoms with E-state index < -0.39 is 0 Å². The van der Waals surface area contributed by atoms with Crippen LogP contribution in [0.1, 0.15) is 58.3 Å². The Kier molecular flexibility index (Phi) is 4.84. The van der Waals surface area contributed by atoms with Gasteiger partial charge in [0, 0.05) is 6.04 Å². The van der Waals surface area contributed by atoms with Crippen molar-refractivity contribution in [3.8, 4) is 0 Å². The van der Waals surface area contributed by atoms with Gasteiger partial charge in [-0.1, -0.05) is 25.7 Å². The Labute approximate surface area is 105 Å². The summed E-state index contributed by atoms with van der Waals surface area (Å²) in [5.74, 6) is 0.941. The zero-order chi connectivity index (χ0) is 12.1. The molecule has 0 aromatic rings. The van der Waals surface area contributed by atoms with Gasteiger partial charge in [-0.25, -0.2) is 0 Å². The van der Waals surface area contributed by atoms with Crippen molar-refractivity contribution in [2.75, 3.05) is 6.54 Å². The van der Waals surface area contributed by atoms with Gasteiger partial charge in [0.2, 0.25) is 5.91 Å². The van der Waals surface area contributed by atoms with Gasteiger partial charge in [0.05, 0.1) is 6.04 Å². The first-order valence-corrected chi connectivity index (χ1v) is 7.31. The molecule has 2 rings (SSSR count). The predicted octanol–water partition coefficient (Wildman–Crippen LogP) is 2.21. The molecule has 0 aromatic carbocycles. The molecule has 2 atom stereocenters. The maximum atomic E-state index is 12.1. The van der Waals surface area contributed by atoms with Crippen LogP contribution in [0.3, 0.4) is 0 Å². The minimum absolute atomic E-state index is 0.0568. The standard InChI is InChI=1S/C14H26N2O/c1-11(12-7-4-5-8-12)16-14(17)13-9-3-2-6-10-15-13/h11-13,15H,2-10H2,1H3,(H,16,17)/t11-,13?/m0/s1. The molecule has 1 amide bonds. The van der Waals surface area contributed by atoms with Crippen LogP contribution in [0, 0.1) is 5.92 Å². The molecule has 2 N–H and O–H groups in total. The molecule has 1 heterocycles. The van der Waals surface area contributed by atoms with Crippen molar-refractivity contribution in [3.05, 3.63) is 0 Å². The molecule has 0 spiro atoms. The van der Waals surface area contributed by atoms with E-state index in [0.29, 0.717) is 12.0 Å². The summed E-state index contributed by atoms with van der Waals surface area (Å²) in [7, 11) is 0. The summed E-state index contributed by atoms with van der Waals surface area (Å²) in [6.45, 7) is 3.17. The van der Waals surface area contributed by atoms with Crippen LogP contribution in [-0.2, 0) is 4.79 Å². The molecule has 0 aromatic heterocycles. The van der Waals surface area contributed by atoms with Crippen LogP contribution in [0.4, 0.5) is 0 Å². The summed E-state index contributed by atoms with van der Waals surface area (Å²) in [4.78, 5) is 12.1. The normalized spacial score (nSPS) is 28.6. The first-order chi connectivity index (χ1) is 8.27. The first kappa shape index (κ1) is 12.9. The number of hydrogen-bond acceptors (Lipinski definition) is 2. The number of rotatable bonds is 3. The Morgan fingerprint density at radius 1 is 1.12 bits per heavy atom. The van der Waals surface area contributed by atoms with E-state index in [-0.39, 0.29) is 11.9 Å². The van der Waals surface area contributed by atoms with Crippen molar-refractivity contribution < 1.29 is 4.79 Å². The first-order valence-electron chi connectivity index (χ1n) is 7.31. The average Bonchev–Trinajstić information content (AvgIpc) is 2.71. The summed E-state index contributed by atoms with van der Waals surface area (Å²) in [5.41, 5.74) is 0. The van der Waals surface area contributed by atoms with Gasteiger partial charge in [-0.15, -0.1) is 0 Å². The van der Waals surface area contributed by atoms with Gasteiger partial charge in [-0.2, -0.15) is 0 Å². The Balaban J connectivity index is 1.78. The molecule has 3 nitrogen and oxygen atoms in total. The Morgan fingerprint density at radius 2 is 1.82 bits per heavy atom. The quantitative estimate of drug-likeness (QED) is 0.791. The molecular weight excluding hydrogens is 212 g/mol. The van der Waals surface area contributed by atoms with Crippen LogP contribution in [0.5, 0.6) is 0 Å². The zero-order valence-corrected chi connectivity index (χ0v) is 11.0. The van der Waals surface area contributed by atoms with Crippen LogP contribution in [0.25, 0.3) is 0 Å². The van der Waals surface area contributed by atoms with Crippen molar-refractivity contribution in [2.45, 2.75) is 70.4 Å². The van der Waals surface area contributed by atoms with E-state index in [0.717, 1.165) is 13.0 Å². The Bertz CT molecular complexity index is 241. The minimum Gasteiger partial charge on any atom is -0.352 e. The highest BCUT2D eigenvalue weighted by Gasteiger charge is 2.26. The molecule has 0 bridgehead atoms. The molecule has 0 radical (unpaired) electrons. The lowest BCUT2D eigenvalue weighted by molar-refractivity contribution is -0.124. The monoisotopic (exact) mass is 238 g/mol. The fourth-order valence-electron chi connectivity index (χ4n) is 3.15. The summed E-state index contributed by atoms with van der Waals surface area (Å²) in [6, 6.07) is 0.413. The Morgan fingerprint density at radius 3 is 2.59 bits per heavy atom. The van der Waals surface area contributed by atoms with Crippen LogP contribution in [0.15, 0.2) is 0 Å². The third-order valence-corrected chi connectivity index (χ3v) is 4.35. The van der Waals surface area contributed by atoms with E-state index in [1.54, 1.807) is 0 Å². The number of carbonyl (C=O) groups is 1. The van der Waals surface area contributed by atoms with E-state index in [2.05, 4.69) is 17.6 Å². The van der Waals surface area contributed by atoms with Crippen LogP contribution >= 0.6 is 0 Å². The molecule has 2 fully saturated rings. The fourth-order valence-corrected chi connectivity index (χ4v) is 3.15. The highest BCUT2D eigenvalue weighted by atomic mass is 16.2. The number of amides is 1. The maximum absolute atomic E-state index is 12.1. The molecule has 1 saturated heterocycles. The predicted molar refractivity (Wildman–Crippen MR) is 69.8 cm³/mol. The van der Waals surface area contributed by atoms with Gasteiger partial charge in [0.25, 0.3) is 0 Å². The van der Waals surface area contributed by atoms with E-state index in [9.17, 15) is 4.79 Å². The smallest absolute Gasteiger partial charge is 0.237 e. The van der Waals surface area contributed by atoms with Crippen molar-refractivity contribution in [1.29, 1.82) is 0 Å². The van der Waals surface area contributed by atoms with Crippen LogP contribution in [-0.4, -0.2) is 24.5 Å². The lowest BCUT2D eigenvalue weighted by Crippen LogP contribution is -2.48. The third kappa shape index (κ3) is 3.70. The SMILES string of the molecule is C[C@H](NC(=O)C1CCCCCN1)C1CCCC1. The molecular formula is C14H26N2O. The van der Waals surface area contributed by atoms with E-state index in [4.69, 9.17) is 0 Å². The van der Waals surface area contributed by atoms with Crippen molar-refractivity contribution in [3.63, 3.8) is 0 Å². The van der Waals surface area contributed by atoms with Crippen LogP contribution in [0.2, 0.25) is 0 Å². The van der Waals surface area contributed by atoms with Gasteiger partial charge in [0.15, 0.2) is 0 Å². The van der Waals surface area contributed by atoms with Gasteiger partial charge in [0.1, 0.15) is 0 Å². The topological polar surface area (TPSA) is 41.1 Å². The van der Waals surface area contributed by atoms with Gasteiger partial charge in [-0.05, 0) is 45.1 Å². The Hall–Kier alpha value is -0.570. The molecule has 1 saturated carbocycles. The van der Waals surface area contributed by atoms with Crippen molar-refractivity contribution >= 4 is 5.91 Å². The second-order valence-electron chi connectivity index (χ2n) is 5.70. The van der Waals surface area contributed by atoms with Gasteiger partial charge >= 0.3 is 0 Å². The zero-order valence-electron chi connectivity index (χ0n) is 11.0. The second kappa shape index (κ2) is 6.39. The maximum Gasteiger partial charge on any atom is 0.237 e. The van der Waals surface area contributed by atoms with Gasteiger partial charge < -0.3 is 10.6 Å². The highest BCUT2D eigenvalue weighted by Crippen LogP contribution is 2.27. The van der Waals surface area contributed by atoms with Crippen molar-refractivity contribution in [2.24, 2.45) is 5.92 Å². The number of hydrogen-bond donors (Lipinski definition) is 2. The van der Waals surface area contributed by atoms with E-state index >= 15 is 0 Å². The van der Waals surface area contributed by atoms with Gasteiger partial charge in [-0.3, -0.25) is 4.79 Å². The number of nitrogens with one attached hydrogen (secondary N) is 2. The lowest BCUT2D eigenvalue weighted by Gasteiger charge is -2.23. The lowest BCUT2D eigenvalue weighted by atomic mass is 9.99. The summed E-state index contributed by atoms with van der Waals surface area (Å²) < 4.78 is 0. The molecule has 1 unspecified atom stereocenters. The molecule has 2 aliphatic rings. The summed E-state index contributed by atoms with van der Waals surface area (Å²) in [6.07, 6.45) is 9.92. The summed E-state index contributed by atoms with van der Waals surface area (Å²) >= 11 is 0. The summed E-state index contributed by atoms with van der Waals surface area (Å²) in [5, 5.41) is 6.58. The van der Waals surface area contributed by atoms with E-state index in [1.807, 2.05) is 0 Å². The molecule has 1 aliphatic heterocycles. The van der Waals surface area contributed by atoms with Crippen molar-refractivity contribution in [1.82, 2.24) is 10.6 Å². The largest absolute Gasteiger partial charge is 0.352 e. The average molecular weight is 238 g/mol. The molecule has 3 heteroatoms. The fraction of sp³-hybridized carbons (Fsp3) is 0.929. The van der Waals surface area contributed by atoms with Crippen LogP contribution < -0.4 is 10.6 Å². The highest BCUT2D eigenvalue weighted by molar-refractivity contribution is 5.82.